The van der Waals surface area contributed by atoms with Crippen LogP contribution in [0.1, 0.15) is 6.92 Å². The van der Waals surface area contributed by atoms with Crippen LogP contribution in [0.15, 0.2) is 23.4 Å². The van der Waals surface area contributed by atoms with Gasteiger partial charge in [0.15, 0.2) is 0 Å². The van der Waals surface area contributed by atoms with Crippen molar-refractivity contribution in [3.05, 3.63) is 24.1 Å². The molecule has 1 unspecified atom stereocenters. The van der Waals surface area contributed by atoms with E-state index < -0.39 is 0 Å². The fourth-order valence-electron chi connectivity index (χ4n) is 0.720. The standard InChI is InChI=1S/C9H11ClFNS/c1-7(4-10)6-13-9-3-2-8(11)5-12-9/h2-3,5,7H,4,6H2,1H3. The number of nitrogens with zero attached hydrogens (tertiary/aromatic N) is 1. The zero-order chi connectivity index (χ0) is 9.68. The van der Waals surface area contributed by atoms with Gasteiger partial charge in [-0.05, 0) is 18.1 Å². The molecule has 0 saturated heterocycles. The van der Waals surface area contributed by atoms with Crippen molar-refractivity contribution < 1.29 is 4.39 Å². The maximum absolute atomic E-state index is 12.5. The van der Waals surface area contributed by atoms with Crippen LogP contribution in [0.4, 0.5) is 4.39 Å². The van der Waals surface area contributed by atoms with Gasteiger partial charge in [-0.2, -0.15) is 0 Å². The molecule has 0 radical (unpaired) electrons. The van der Waals surface area contributed by atoms with Crippen molar-refractivity contribution in [3.8, 4) is 0 Å². The first-order chi connectivity index (χ1) is 6.22. The van der Waals surface area contributed by atoms with Crippen LogP contribution < -0.4 is 0 Å². The maximum atomic E-state index is 12.5. The van der Waals surface area contributed by atoms with Gasteiger partial charge >= 0.3 is 0 Å². The molecule has 1 rings (SSSR count). The summed E-state index contributed by atoms with van der Waals surface area (Å²) in [5.41, 5.74) is 0. The summed E-state index contributed by atoms with van der Waals surface area (Å²) in [6.07, 6.45) is 1.23. The molecule has 1 heterocycles. The molecule has 0 N–H and O–H groups in total. The van der Waals surface area contributed by atoms with E-state index in [9.17, 15) is 4.39 Å². The Balaban J connectivity index is 2.41. The summed E-state index contributed by atoms with van der Waals surface area (Å²) in [7, 11) is 0. The van der Waals surface area contributed by atoms with Crippen LogP contribution in [0.2, 0.25) is 0 Å². The average Bonchev–Trinajstić information content (AvgIpc) is 2.16. The fourth-order valence-corrected chi connectivity index (χ4v) is 1.82. The van der Waals surface area contributed by atoms with E-state index in [0.717, 1.165) is 10.8 Å². The van der Waals surface area contributed by atoms with Crippen LogP contribution in [0.3, 0.4) is 0 Å². The van der Waals surface area contributed by atoms with E-state index >= 15 is 0 Å². The topological polar surface area (TPSA) is 12.9 Å². The minimum absolute atomic E-state index is 0.297. The second-order valence-corrected chi connectivity index (χ2v) is 4.23. The summed E-state index contributed by atoms with van der Waals surface area (Å²) in [5, 5.41) is 0.846. The number of rotatable bonds is 4. The van der Waals surface area contributed by atoms with Crippen LogP contribution in [0, 0.1) is 11.7 Å². The largest absolute Gasteiger partial charge is 0.247 e. The molecule has 1 aromatic heterocycles. The first-order valence-corrected chi connectivity index (χ1v) is 5.54. The highest BCUT2D eigenvalue weighted by Gasteiger charge is 2.02. The Bertz CT molecular complexity index is 252. The van der Waals surface area contributed by atoms with Gasteiger partial charge in [-0.15, -0.1) is 23.4 Å². The van der Waals surface area contributed by atoms with Gasteiger partial charge in [-0.25, -0.2) is 9.37 Å². The summed E-state index contributed by atoms with van der Waals surface area (Å²) >= 11 is 7.25. The fraction of sp³-hybridized carbons (Fsp3) is 0.444. The third-order valence-corrected chi connectivity index (χ3v) is 3.28. The average molecular weight is 220 g/mol. The molecule has 0 aliphatic carbocycles. The Hall–Kier alpha value is -0.280. The van der Waals surface area contributed by atoms with E-state index in [0.29, 0.717) is 11.8 Å². The highest BCUT2D eigenvalue weighted by Crippen LogP contribution is 2.18. The molecular weight excluding hydrogens is 209 g/mol. The highest BCUT2D eigenvalue weighted by atomic mass is 35.5. The summed E-state index contributed by atoms with van der Waals surface area (Å²) < 4.78 is 12.5. The lowest BCUT2D eigenvalue weighted by Crippen LogP contribution is -1.99. The Labute approximate surface area is 86.7 Å². The van der Waals surface area contributed by atoms with Crippen LogP contribution >= 0.6 is 23.4 Å². The van der Waals surface area contributed by atoms with Crippen molar-refractivity contribution in [2.24, 2.45) is 5.92 Å². The van der Waals surface area contributed by atoms with E-state index in [1.54, 1.807) is 17.8 Å². The third kappa shape index (κ3) is 3.96. The van der Waals surface area contributed by atoms with Gasteiger partial charge in [0.05, 0.1) is 11.2 Å². The number of thioether (sulfide) groups is 1. The van der Waals surface area contributed by atoms with Gasteiger partial charge in [-0.3, -0.25) is 0 Å². The monoisotopic (exact) mass is 219 g/mol. The molecule has 0 aromatic carbocycles. The van der Waals surface area contributed by atoms with E-state index in [-0.39, 0.29) is 5.82 Å². The molecule has 0 saturated carbocycles. The van der Waals surface area contributed by atoms with Crippen LogP contribution in [-0.2, 0) is 0 Å². The quantitative estimate of drug-likeness (QED) is 0.570. The van der Waals surface area contributed by atoms with Crippen LogP contribution in [-0.4, -0.2) is 16.6 Å². The van der Waals surface area contributed by atoms with Gasteiger partial charge in [0.1, 0.15) is 5.82 Å². The molecular formula is C9H11ClFNS. The summed E-state index contributed by atoms with van der Waals surface area (Å²) in [6, 6.07) is 3.10. The minimum atomic E-state index is -0.297. The number of alkyl halides is 1. The first-order valence-electron chi connectivity index (χ1n) is 4.02. The highest BCUT2D eigenvalue weighted by molar-refractivity contribution is 7.99. The molecule has 1 atom stereocenters. The number of pyridine rings is 1. The van der Waals surface area contributed by atoms with Gasteiger partial charge in [0.2, 0.25) is 0 Å². The first kappa shape index (κ1) is 10.8. The summed E-state index contributed by atoms with van der Waals surface area (Å²) in [5.74, 6) is 1.73. The smallest absolute Gasteiger partial charge is 0.141 e. The third-order valence-electron chi connectivity index (χ3n) is 1.48. The summed E-state index contributed by atoms with van der Waals surface area (Å²) in [4.78, 5) is 3.93. The van der Waals surface area contributed by atoms with E-state index in [2.05, 4.69) is 11.9 Å². The number of halogens is 2. The second kappa shape index (κ2) is 5.45. The molecule has 13 heavy (non-hydrogen) atoms. The molecule has 0 aliphatic heterocycles. The molecule has 72 valence electrons. The minimum Gasteiger partial charge on any atom is -0.247 e. The lowest BCUT2D eigenvalue weighted by atomic mass is 10.3. The predicted octanol–water partition coefficient (Wildman–Crippen LogP) is 3.19. The van der Waals surface area contributed by atoms with Gasteiger partial charge in [0, 0.05) is 11.6 Å². The molecule has 0 spiro atoms. The van der Waals surface area contributed by atoms with Crippen molar-refractivity contribution >= 4 is 23.4 Å². The van der Waals surface area contributed by atoms with Crippen molar-refractivity contribution in [1.29, 1.82) is 0 Å². The maximum Gasteiger partial charge on any atom is 0.141 e. The molecule has 0 bridgehead atoms. The van der Waals surface area contributed by atoms with Crippen molar-refractivity contribution in [1.82, 2.24) is 4.98 Å². The molecule has 0 aliphatic rings. The zero-order valence-electron chi connectivity index (χ0n) is 7.34. The number of aromatic nitrogens is 1. The Morgan fingerprint density at radius 3 is 2.92 bits per heavy atom. The molecule has 0 fully saturated rings. The Morgan fingerprint density at radius 2 is 2.38 bits per heavy atom. The van der Waals surface area contributed by atoms with Crippen molar-refractivity contribution in [3.63, 3.8) is 0 Å². The van der Waals surface area contributed by atoms with Gasteiger partial charge in [0.25, 0.3) is 0 Å². The normalized spacial score (nSPS) is 12.8. The molecule has 1 nitrogen and oxygen atoms in total. The van der Waals surface area contributed by atoms with E-state index in [1.807, 2.05) is 0 Å². The SMILES string of the molecule is CC(CCl)CSc1ccc(F)cn1. The van der Waals surface area contributed by atoms with Gasteiger partial charge in [-0.1, -0.05) is 6.92 Å². The van der Waals surface area contributed by atoms with Crippen molar-refractivity contribution in [2.75, 3.05) is 11.6 Å². The van der Waals surface area contributed by atoms with Crippen LogP contribution in [0.5, 0.6) is 0 Å². The lowest BCUT2D eigenvalue weighted by molar-refractivity contribution is 0.618. The van der Waals surface area contributed by atoms with Crippen molar-refractivity contribution in [2.45, 2.75) is 11.9 Å². The van der Waals surface area contributed by atoms with E-state index in [4.69, 9.17) is 11.6 Å². The molecule has 4 heteroatoms. The zero-order valence-corrected chi connectivity index (χ0v) is 8.91. The number of hydrogen-bond acceptors (Lipinski definition) is 2. The Kier molecular flexibility index (Phi) is 4.53. The molecule has 1 aromatic rings. The lowest BCUT2D eigenvalue weighted by Gasteiger charge is -2.05. The summed E-state index contributed by atoms with van der Waals surface area (Å²) in [6.45, 7) is 2.07. The van der Waals surface area contributed by atoms with Gasteiger partial charge < -0.3 is 0 Å². The van der Waals surface area contributed by atoms with E-state index in [1.165, 1.54) is 12.3 Å². The Morgan fingerprint density at radius 1 is 1.62 bits per heavy atom. The predicted molar refractivity (Wildman–Crippen MR) is 54.8 cm³/mol. The van der Waals surface area contributed by atoms with Crippen LogP contribution in [0.25, 0.3) is 0 Å². The number of hydrogen-bond donors (Lipinski definition) is 0. The second-order valence-electron chi connectivity index (χ2n) is 2.89. The molecule has 0 amide bonds.